The molecule has 1 aromatic carbocycles. The van der Waals surface area contributed by atoms with E-state index < -0.39 is 18.4 Å². The molecule has 0 radical (unpaired) electrons. The molecule has 2 amide bonds. The highest BCUT2D eigenvalue weighted by Crippen LogP contribution is 2.38. The number of benzene rings is 1. The van der Waals surface area contributed by atoms with Gasteiger partial charge < -0.3 is 14.2 Å². The number of hydrogen-bond donors (Lipinski definition) is 0. The average Bonchev–Trinajstić information content (AvgIpc) is 3.02. The van der Waals surface area contributed by atoms with Crippen molar-refractivity contribution >= 4 is 18.0 Å². The lowest BCUT2D eigenvalue weighted by Gasteiger charge is -2.33. The fraction of sp³-hybridized carbons (Fsp3) is 0.421. The molecular formula is C19H22N2O6. The first-order chi connectivity index (χ1) is 12.9. The number of ketones is 1. The Morgan fingerprint density at radius 2 is 1.81 bits per heavy atom. The fourth-order valence-corrected chi connectivity index (χ4v) is 2.95. The SMILES string of the molecule is CCOC(=O)N1C=C2C(=O)c3cc(C(C)C)ccc3OC2N1C(=O)OCC. The number of carbonyl (C=O) groups excluding carboxylic acids is 3. The molecule has 8 heteroatoms. The van der Waals surface area contributed by atoms with Gasteiger partial charge in [0.05, 0.1) is 24.4 Å². The van der Waals surface area contributed by atoms with Crippen molar-refractivity contribution in [2.75, 3.05) is 13.2 Å². The third-order valence-electron chi connectivity index (χ3n) is 4.31. The van der Waals surface area contributed by atoms with Gasteiger partial charge in [0.1, 0.15) is 5.75 Å². The van der Waals surface area contributed by atoms with Gasteiger partial charge in [-0.3, -0.25) is 4.79 Å². The van der Waals surface area contributed by atoms with Crippen molar-refractivity contribution in [3.05, 3.63) is 41.1 Å². The van der Waals surface area contributed by atoms with E-state index in [0.717, 1.165) is 15.6 Å². The predicted molar refractivity (Wildman–Crippen MR) is 95.1 cm³/mol. The summed E-state index contributed by atoms with van der Waals surface area (Å²) in [6.07, 6.45) is -1.42. The van der Waals surface area contributed by atoms with Gasteiger partial charge in [-0.15, -0.1) is 0 Å². The zero-order chi connectivity index (χ0) is 19.7. The summed E-state index contributed by atoms with van der Waals surface area (Å²) in [6.45, 7) is 7.57. The normalized spacial score (nSPS) is 17.9. The molecule has 27 heavy (non-hydrogen) atoms. The summed E-state index contributed by atoms with van der Waals surface area (Å²) in [5.41, 5.74) is 1.56. The van der Waals surface area contributed by atoms with E-state index in [1.165, 1.54) is 6.20 Å². The molecule has 1 atom stereocenters. The summed E-state index contributed by atoms with van der Waals surface area (Å²) >= 11 is 0. The quantitative estimate of drug-likeness (QED) is 0.806. The maximum atomic E-state index is 13.0. The van der Waals surface area contributed by atoms with Crippen molar-refractivity contribution in [2.45, 2.75) is 39.8 Å². The predicted octanol–water partition coefficient (Wildman–Crippen LogP) is 3.44. The van der Waals surface area contributed by atoms with Gasteiger partial charge in [-0.25, -0.2) is 9.59 Å². The van der Waals surface area contributed by atoms with Crippen molar-refractivity contribution in [3.63, 3.8) is 0 Å². The molecular weight excluding hydrogens is 352 g/mol. The van der Waals surface area contributed by atoms with E-state index in [1.807, 2.05) is 19.9 Å². The van der Waals surface area contributed by atoms with Crippen LogP contribution in [0.15, 0.2) is 30.0 Å². The zero-order valence-electron chi connectivity index (χ0n) is 15.7. The number of carbonyl (C=O) groups is 3. The maximum absolute atomic E-state index is 13.0. The molecule has 2 heterocycles. The molecule has 1 aromatic rings. The second-order valence-electron chi connectivity index (χ2n) is 6.38. The van der Waals surface area contributed by atoms with E-state index in [2.05, 4.69) is 0 Å². The van der Waals surface area contributed by atoms with E-state index in [0.29, 0.717) is 11.3 Å². The van der Waals surface area contributed by atoms with Crippen LogP contribution in [-0.2, 0) is 9.47 Å². The second-order valence-corrected chi connectivity index (χ2v) is 6.38. The molecule has 0 N–H and O–H groups in total. The largest absolute Gasteiger partial charge is 0.463 e. The highest BCUT2D eigenvalue weighted by molar-refractivity contribution is 6.13. The Hall–Kier alpha value is -3.03. The van der Waals surface area contributed by atoms with E-state index in [1.54, 1.807) is 26.0 Å². The standard InChI is InChI=1S/C19H22N2O6/c1-5-25-18(23)20-10-14-16(22)13-9-12(11(3)4)7-8-15(13)27-17(14)21(20)19(24)26-6-2/h7-11,17H,5-6H2,1-4H3. The lowest BCUT2D eigenvalue weighted by atomic mass is 9.94. The van der Waals surface area contributed by atoms with Crippen LogP contribution in [0.5, 0.6) is 5.75 Å². The van der Waals surface area contributed by atoms with Crippen molar-refractivity contribution in [1.82, 2.24) is 10.0 Å². The van der Waals surface area contributed by atoms with E-state index in [9.17, 15) is 14.4 Å². The van der Waals surface area contributed by atoms with Crippen LogP contribution in [0.1, 0.15) is 49.5 Å². The minimum atomic E-state index is -1.08. The van der Waals surface area contributed by atoms with Crippen LogP contribution < -0.4 is 4.74 Å². The number of amides is 2. The molecule has 2 aliphatic heterocycles. The van der Waals surface area contributed by atoms with Crippen molar-refractivity contribution < 1.29 is 28.6 Å². The topological polar surface area (TPSA) is 85.4 Å². The minimum absolute atomic E-state index is 0.107. The first kappa shape index (κ1) is 18.8. The van der Waals surface area contributed by atoms with E-state index in [4.69, 9.17) is 14.2 Å². The van der Waals surface area contributed by atoms with Gasteiger partial charge in [0.2, 0.25) is 6.23 Å². The summed E-state index contributed by atoms with van der Waals surface area (Å²) in [5, 5.41) is 1.88. The molecule has 8 nitrogen and oxygen atoms in total. The van der Waals surface area contributed by atoms with Gasteiger partial charge in [0.25, 0.3) is 0 Å². The number of fused-ring (bicyclic) bond motifs is 2. The Labute approximate surface area is 157 Å². The van der Waals surface area contributed by atoms with Gasteiger partial charge in [-0.05, 0) is 37.5 Å². The second kappa shape index (κ2) is 7.30. The number of hydrazine groups is 1. The molecule has 0 saturated carbocycles. The van der Waals surface area contributed by atoms with Crippen LogP contribution >= 0.6 is 0 Å². The average molecular weight is 374 g/mol. The summed E-state index contributed by atoms with van der Waals surface area (Å²) in [6, 6.07) is 5.36. The Morgan fingerprint density at radius 1 is 1.15 bits per heavy atom. The number of ether oxygens (including phenoxy) is 3. The minimum Gasteiger partial charge on any atom is -0.463 e. The fourth-order valence-electron chi connectivity index (χ4n) is 2.95. The Kier molecular flexibility index (Phi) is 5.07. The number of hydrogen-bond acceptors (Lipinski definition) is 6. The summed E-state index contributed by atoms with van der Waals surface area (Å²) in [7, 11) is 0. The summed E-state index contributed by atoms with van der Waals surface area (Å²) < 4.78 is 15.9. The van der Waals surface area contributed by atoms with Crippen LogP contribution in [0, 0.1) is 0 Å². The molecule has 144 valence electrons. The molecule has 2 aliphatic rings. The number of rotatable bonds is 3. The molecule has 0 aromatic heterocycles. The van der Waals surface area contributed by atoms with Crippen molar-refractivity contribution in [3.8, 4) is 5.75 Å². The van der Waals surface area contributed by atoms with Gasteiger partial charge in [-0.2, -0.15) is 10.0 Å². The smallest absolute Gasteiger partial charge is 0.433 e. The summed E-state index contributed by atoms with van der Waals surface area (Å²) in [4.78, 5) is 37.7. The number of nitrogens with zero attached hydrogens (tertiary/aromatic N) is 2. The highest BCUT2D eigenvalue weighted by Gasteiger charge is 2.48. The Balaban J connectivity index is 2.02. The lowest BCUT2D eigenvalue weighted by Crippen LogP contribution is -2.52. The third-order valence-corrected chi connectivity index (χ3v) is 4.31. The lowest BCUT2D eigenvalue weighted by molar-refractivity contribution is -0.0463. The van der Waals surface area contributed by atoms with Gasteiger partial charge in [-0.1, -0.05) is 19.9 Å². The van der Waals surface area contributed by atoms with Crippen LogP contribution in [0.3, 0.4) is 0 Å². The van der Waals surface area contributed by atoms with Crippen molar-refractivity contribution in [2.24, 2.45) is 0 Å². The summed E-state index contributed by atoms with van der Waals surface area (Å²) in [5.74, 6) is 0.293. The Morgan fingerprint density at radius 3 is 2.44 bits per heavy atom. The van der Waals surface area contributed by atoms with E-state index in [-0.39, 0.29) is 30.5 Å². The molecule has 0 bridgehead atoms. The monoisotopic (exact) mass is 374 g/mol. The number of Topliss-reactive ketones (excluding diaryl/α,β-unsaturated/α-hetero) is 1. The first-order valence-corrected chi connectivity index (χ1v) is 8.87. The molecule has 0 saturated heterocycles. The highest BCUT2D eigenvalue weighted by atomic mass is 16.6. The maximum Gasteiger partial charge on any atom is 0.433 e. The molecule has 1 unspecified atom stereocenters. The van der Waals surface area contributed by atoms with Crippen LogP contribution in [0.25, 0.3) is 0 Å². The zero-order valence-corrected chi connectivity index (χ0v) is 15.7. The molecule has 0 spiro atoms. The Bertz CT molecular complexity index is 816. The van der Waals surface area contributed by atoms with Crippen LogP contribution in [0.2, 0.25) is 0 Å². The van der Waals surface area contributed by atoms with Crippen molar-refractivity contribution in [1.29, 1.82) is 0 Å². The van der Waals surface area contributed by atoms with E-state index >= 15 is 0 Å². The van der Waals surface area contributed by atoms with Gasteiger partial charge in [0, 0.05) is 6.20 Å². The molecule has 0 aliphatic carbocycles. The van der Waals surface area contributed by atoms with Gasteiger partial charge in [0.15, 0.2) is 5.78 Å². The van der Waals surface area contributed by atoms with Crippen LogP contribution in [-0.4, -0.2) is 47.4 Å². The van der Waals surface area contributed by atoms with Crippen LogP contribution in [0.4, 0.5) is 9.59 Å². The molecule has 0 fully saturated rings. The van der Waals surface area contributed by atoms with Gasteiger partial charge >= 0.3 is 12.2 Å². The first-order valence-electron chi connectivity index (χ1n) is 8.87. The third kappa shape index (κ3) is 3.22. The molecule has 3 rings (SSSR count).